The molecule has 0 unspecified atom stereocenters. The van der Waals surface area contributed by atoms with Gasteiger partial charge in [0.2, 0.25) is 0 Å². The molecule has 1 aromatic heterocycles. The summed E-state index contributed by atoms with van der Waals surface area (Å²) in [6.07, 6.45) is 0. The third kappa shape index (κ3) is 4.55. The van der Waals surface area contributed by atoms with E-state index in [-0.39, 0.29) is 6.03 Å². The highest BCUT2D eigenvalue weighted by atomic mass is 35.5. The quantitative estimate of drug-likeness (QED) is 0.677. The Balaban J connectivity index is 1.22. The molecule has 0 radical (unpaired) electrons. The van der Waals surface area contributed by atoms with E-state index < -0.39 is 0 Å². The monoisotopic (exact) mass is 416 g/mol. The molecular formula is C20H21ClN4O2S. The molecule has 0 spiro atoms. The maximum Gasteiger partial charge on any atom is 0.323 e. The second-order valence-electron chi connectivity index (χ2n) is 6.52. The third-order valence-corrected chi connectivity index (χ3v) is 5.93. The number of hydrogen-bond donors (Lipinski definition) is 1. The Bertz CT molecular complexity index is 923. The van der Waals surface area contributed by atoms with Gasteiger partial charge in [-0.1, -0.05) is 47.2 Å². The van der Waals surface area contributed by atoms with Gasteiger partial charge in [-0.05, 0) is 24.3 Å². The van der Waals surface area contributed by atoms with Crippen LogP contribution in [0.4, 0.5) is 9.93 Å². The number of nitrogens with one attached hydrogen (secondary N) is 1. The van der Waals surface area contributed by atoms with Crippen LogP contribution in [-0.2, 0) is 0 Å². The Morgan fingerprint density at radius 3 is 2.64 bits per heavy atom. The lowest BCUT2D eigenvalue weighted by atomic mass is 10.3. The number of para-hydroxylation sites is 2. The average Bonchev–Trinajstić information content (AvgIpc) is 3.12. The molecule has 1 aliphatic heterocycles. The van der Waals surface area contributed by atoms with Crippen molar-refractivity contribution in [1.82, 2.24) is 14.8 Å². The summed E-state index contributed by atoms with van der Waals surface area (Å²) in [7, 11) is 0. The number of rotatable bonds is 5. The van der Waals surface area contributed by atoms with Crippen molar-refractivity contribution in [3.8, 4) is 5.75 Å². The lowest BCUT2D eigenvalue weighted by molar-refractivity contribution is 0.132. The fourth-order valence-corrected chi connectivity index (χ4v) is 4.16. The van der Waals surface area contributed by atoms with Crippen molar-refractivity contribution < 1.29 is 9.53 Å². The van der Waals surface area contributed by atoms with Crippen LogP contribution in [0.5, 0.6) is 5.75 Å². The van der Waals surface area contributed by atoms with Crippen LogP contribution >= 0.6 is 22.9 Å². The first-order valence-electron chi connectivity index (χ1n) is 9.20. The summed E-state index contributed by atoms with van der Waals surface area (Å²) in [5.41, 5.74) is 0.908. The molecule has 0 atom stereocenters. The molecule has 2 amide bonds. The number of piperazine rings is 1. The molecule has 0 bridgehead atoms. The summed E-state index contributed by atoms with van der Waals surface area (Å²) >= 11 is 7.59. The summed E-state index contributed by atoms with van der Waals surface area (Å²) < 4.78 is 6.82. The summed E-state index contributed by atoms with van der Waals surface area (Å²) in [6, 6.07) is 15.3. The van der Waals surface area contributed by atoms with Crippen LogP contribution in [0, 0.1) is 0 Å². The summed E-state index contributed by atoms with van der Waals surface area (Å²) in [5, 5.41) is 4.19. The zero-order valence-corrected chi connectivity index (χ0v) is 16.9. The first-order chi connectivity index (χ1) is 13.7. The minimum Gasteiger partial charge on any atom is -0.491 e. The van der Waals surface area contributed by atoms with Crippen LogP contribution < -0.4 is 10.1 Å². The molecule has 1 aliphatic rings. The number of anilines is 1. The van der Waals surface area contributed by atoms with E-state index in [0.29, 0.717) is 35.6 Å². The molecule has 2 aromatic carbocycles. The topological polar surface area (TPSA) is 57.7 Å². The number of carbonyl (C=O) groups is 1. The second kappa shape index (κ2) is 8.77. The largest absolute Gasteiger partial charge is 0.491 e. The summed E-state index contributed by atoms with van der Waals surface area (Å²) in [6.45, 7) is 4.38. The summed E-state index contributed by atoms with van der Waals surface area (Å²) in [4.78, 5) is 21.1. The van der Waals surface area contributed by atoms with Gasteiger partial charge in [0.05, 0.1) is 15.2 Å². The van der Waals surface area contributed by atoms with Crippen LogP contribution in [0.15, 0.2) is 48.5 Å². The molecule has 0 aliphatic carbocycles. The van der Waals surface area contributed by atoms with Crippen molar-refractivity contribution >= 4 is 44.3 Å². The highest BCUT2D eigenvalue weighted by Crippen LogP contribution is 2.26. The Kier molecular flexibility index (Phi) is 5.95. The maximum atomic E-state index is 12.5. The smallest absolute Gasteiger partial charge is 0.323 e. The molecule has 1 saturated heterocycles. The van der Waals surface area contributed by atoms with Gasteiger partial charge < -0.3 is 9.64 Å². The molecule has 1 fully saturated rings. The number of benzene rings is 2. The van der Waals surface area contributed by atoms with Crippen LogP contribution in [0.1, 0.15) is 0 Å². The summed E-state index contributed by atoms with van der Waals surface area (Å²) in [5.74, 6) is 0.706. The van der Waals surface area contributed by atoms with Gasteiger partial charge in [-0.15, -0.1) is 0 Å². The van der Waals surface area contributed by atoms with E-state index in [0.717, 1.165) is 29.9 Å². The van der Waals surface area contributed by atoms with E-state index >= 15 is 0 Å². The van der Waals surface area contributed by atoms with Crippen molar-refractivity contribution in [2.24, 2.45) is 0 Å². The second-order valence-corrected chi connectivity index (χ2v) is 7.96. The van der Waals surface area contributed by atoms with Gasteiger partial charge in [0.15, 0.2) is 5.13 Å². The molecule has 0 saturated carbocycles. The minimum atomic E-state index is -0.0916. The Hall–Kier alpha value is -2.35. The van der Waals surface area contributed by atoms with Gasteiger partial charge in [0.1, 0.15) is 12.4 Å². The van der Waals surface area contributed by atoms with E-state index in [1.54, 1.807) is 0 Å². The lowest BCUT2D eigenvalue weighted by Gasteiger charge is -2.34. The van der Waals surface area contributed by atoms with Gasteiger partial charge in [-0.3, -0.25) is 10.2 Å². The van der Waals surface area contributed by atoms with Crippen molar-refractivity contribution in [2.45, 2.75) is 0 Å². The van der Waals surface area contributed by atoms with Gasteiger partial charge >= 0.3 is 6.03 Å². The van der Waals surface area contributed by atoms with E-state index in [1.165, 1.54) is 11.3 Å². The number of hydrogen-bond acceptors (Lipinski definition) is 5. The number of amides is 2. The highest BCUT2D eigenvalue weighted by Gasteiger charge is 2.21. The molecule has 2 heterocycles. The maximum absolute atomic E-state index is 12.5. The van der Waals surface area contributed by atoms with Crippen LogP contribution in [0.25, 0.3) is 10.2 Å². The lowest BCUT2D eigenvalue weighted by Crippen LogP contribution is -2.50. The van der Waals surface area contributed by atoms with Crippen LogP contribution in [0.2, 0.25) is 5.02 Å². The predicted molar refractivity (Wildman–Crippen MR) is 114 cm³/mol. The molecule has 3 aromatic rings. The predicted octanol–water partition coefficient (Wildman–Crippen LogP) is 4.18. The molecule has 4 rings (SSSR count). The normalized spacial score (nSPS) is 15.0. The number of urea groups is 1. The van der Waals surface area contributed by atoms with E-state index in [1.807, 2.05) is 53.4 Å². The SMILES string of the molecule is O=C(Nc1nc2ccccc2s1)N1CCN(CCOc2ccccc2Cl)CC1. The molecule has 1 N–H and O–H groups in total. The number of fused-ring (bicyclic) bond motifs is 1. The zero-order valence-electron chi connectivity index (χ0n) is 15.3. The Morgan fingerprint density at radius 1 is 1.11 bits per heavy atom. The van der Waals surface area contributed by atoms with E-state index in [2.05, 4.69) is 15.2 Å². The van der Waals surface area contributed by atoms with Crippen LogP contribution in [-0.4, -0.2) is 60.1 Å². The highest BCUT2D eigenvalue weighted by molar-refractivity contribution is 7.22. The van der Waals surface area contributed by atoms with E-state index in [4.69, 9.17) is 16.3 Å². The number of thiazole rings is 1. The van der Waals surface area contributed by atoms with Gasteiger partial charge in [0, 0.05) is 32.7 Å². The zero-order chi connectivity index (χ0) is 19.3. The van der Waals surface area contributed by atoms with Crippen LogP contribution in [0.3, 0.4) is 0 Å². The number of halogens is 1. The van der Waals surface area contributed by atoms with Crippen molar-refractivity contribution in [2.75, 3.05) is 44.6 Å². The molecule has 6 nitrogen and oxygen atoms in total. The first-order valence-corrected chi connectivity index (χ1v) is 10.4. The Morgan fingerprint density at radius 2 is 1.86 bits per heavy atom. The standard InChI is InChI=1S/C20H21ClN4O2S/c21-15-5-1-3-7-17(15)27-14-13-24-9-11-25(12-10-24)20(26)23-19-22-16-6-2-4-8-18(16)28-19/h1-8H,9-14H2,(H,22,23,26). The minimum absolute atomic E-state index is 0.0916. The van der Waals surface area contributed by atoms with Gasteiger partial charge in [-0.2, -0.15) is 0 Å². The third-order valence-electron chi connectivity index (χ3n) is 4.67. The number of ether oxygens (including phenoxy) is 1. The number of aromatic nitrogens is 1. The van der Waals surface area contributed by atoms with Gasteiger partial charge in [-0.25, -0.2) is 9.78 Å². The van der Waals surface area contributed by atoms with Crippen molar-refractivity contribution in [3.63, 3.8) is 0 Å². The fourth-order valence-electron chi connectivity index (χ4n) is 3.12. The average molecular weight is 417 g/mol. The van der Waals surface area contributed by atoms with Gasteiger partial charge in [0.25, 0.3) is 0 Å². The first kappa shape index (κ1) is 19.0. The Labute approximate surface area is 172 Å². The number of carbonyl (C=O) groups excluding carboxylic acids is 1. The molecule has 146 valence electrons. The molecular weight excluding hydrogens is 396 g/mol. The number of nitrogens with zero attached hydrogens (tertiary/aromatic N) is 3. The van der Waals surface area contributed by atoms with E-state index in [9.17, 15) is 4.79 Å². The fraction of sp³-hybridized carbons (Fsp3) is 0.300. The van der Waals surface area contributed by atoms with Crippen molar-refractivity contribution in [3.05, 3.63) is 53.6 Å². The molecule has 8 heteroatoms. The van der Waals surface area contributed by atoms with Crippen molar-refractivity contribution in [1.29, 1.82) is 0 Å². The molecule has 28 heavy (non-hydrogen) atoms.